The molecule has 1 fully saturated rings. The second-order valence-electron chi connectivity index (χ2n) is 3.00. The van der Waals surface area contributed by atoms with Crippen molar-refractivity contribution in [2.24, 2.45) is 0 Å². The first kappa shape index (κ1) is 8.94. The van der Waals surface area contributed by atoms with Crippen LogP contribution in [0.3, 0.4) is 0 Å². The van der Waals surface area contributed by atoms with E-state index >= 15 is 0 Å². The van der Waals surface area contributed by atoms with Gasteiger partial charge < -0.3 is 4.74 Å². The first-order valence-corrected chi connectivity index (χ1v) is 4.22. The Morgan fingerprint density at radius 1 is 1.64 bits per heavy atom. The van der Waals surface area contributed by atoms with E-state index in [0.29, 0.717) is 12.5 Å². The predicted molar refractivity (Wildman–Crippen MR) is 42.4 cm³/mol. The smallest absolute Gasteiger partial charge is 0.0906 e. The van der Waals surface area contributed by atoms with Crippen LogP contribution in [0.25, 0.3) is 0 Å². The third-order valence-corrected chi connectivity index (χ3v) is 2.08. The molecule has 0 spiro atoms. The number of halogens is 1. The minimum atomic E-state index is -0.204. The Hall–Kier alpha value is -0.150. The molecule has 0 aromatic carbocycles. The molecule has 0 aromatic heterocycles. The van der Waals surface area contributed by atoms with Gasteiger partial charge in [-0.15, -0.1) is 0 Å². The second-order valence-corrected chi connectivity index (χ2v) is 3.00. The largest absolute Gasteiger partial charge is 0.379 e. The molecule has 1 rings (SSSR count). The lowest BCUT2D eigenvalue weighted by Crippen LogP contribution is -2.44. The highest BCUT2D eigenvalue weighted by Gasteiger charge is 2.17. The predicted octanol–water partition coefficient (Wildman–Crippen LogP) is 1.07. The van der Waals surface area contributed by atoms with Crippen LogP contribution in [0.4, 0.5) is 4.39 Å². The third-order valence-electron chi connectivity index (χ3n) is 2.08. The van der Waals surface area contributed by atoms with Gasteiger partial charge in [0.05, 0.1) is 19.9 Å². The summed E-state index contributed by atoms with van der Waals surface area (Å²) in [5, 5.41) is 0. The van der Waals surface area contributed by atoms with E-state index in [9.17, 15) is 4.39 Å². The summed E-state index contributed by atoms with van der Waals surface area (Å²) < 4.78 is 17.1. The molecule has 0 radical (unpaired) electrons. The van der Waals surface area contributed by atoms with Crippen LogP contribution in [0, 0.1) is 0 Å². The Labute approximate surface area is 67.3 Å². The maximum absolute atomic E-state index is 11.8. The van der Waals surface area contributed by atoms with Gasteiger partial charge in [0.1, 0.15) is 0 Å². The van der Waals surface area contributed by atoms with Crippen LogP contribution in [0.5, 0.6) is 0 Å². The van der Waals surface area contributed by atoms with Gasteiger partial charge >= 0.3 is 0 Å². The summed E-state index contributed by atoms with van der Waals surface area (Å²) in [5.74, 6) is 0. The SMILES string of the molecule is C[C@@H]1COCCN1CCCF. The van der Waals surface area contributed by atoms with E-state index in [1.54, 1.807) is 0 Å². The number of nitrogens with zero attached hydrogens (tertiary/aromatic N) is 1. The van der Waals surface area contributed by atoms with E-state index < -0.39 is 0 Å². The number of hydrogen-bond acceptors (Lipinski definition) is 2. The van der Waals surface area contributed by atoms with Gasteiger partial charge in [-0.3, -0.25) is 9.29 Å². The first-order valence-electron chi connectivity index (χ1n) is 4.22. The van der Waals surface area contributed by atoms with Crippen molar-refractivity contribution >= 4 is 0 Å². The topological polar surface area (TPSA) is 12.5 Å². The molecule has 0 aromatic rings. The fraction of sp³-hybridized carbons (Fsp3) is 1.00. The molecule has 66 valence electrons. The van der Waals surface area contributed by atoms with Crippen LogP contribution in [0.15, 0.2) is 0 Å². The number of hydrogen-bond donors (Lipinski definition) is 0. The van der Waals surface area contributed by atoms with E-state index in [4.69, 9.17) is 4.74 Å². The Bertz CT molecular complexity index is 110. The number of alkyl halides is 1. The maximum Gasteiger partial charge on any atom is 0.0906 e. The molecular weight excluding hydrogens is 145 g/mol. The van der Waals surface area contributed by atoms with Crippen molar-refractivity contribution in [2.45, 2.75) is 19.4 Å². The summed E-state index contributed by atoms with van der Waals surface area (Å²) >= 11 is 0. The van der Waals surface area contributed by atoms with Crippen molar-refractivity contribution in [3.05, 3.63) is 0 Å². The molecular formula is C8H16FNO. The molecule has 1 saturated heterocycles. The Balaban J connectivity index is 2.18. The first-order chi connectivity index (χ1) is 5.34. The minimum absolute atomic E-state index is 0.204. The van der Waals surface area contributed by atoms with Gasteiger partial charge in [-0.05, 0) is 13.3 Å². The van der Waals surface area contributed by atoms with Gasteiger partial charge in [0, 0.05) is 19.1 Å². The summed E-state index contributed by atoms with van der Waals surface area (Å²) in [5.41, 5.74) is 0. The molecule has 1 atom stereocenters. The summed E-state index contributed by atoms with van der Waals surface area (Å²) in [7, 11) is 0. The van der Waals surface area contributed by atoms with Crippen LogP contribution in [-0.2, 0) is 4.74 Å². The van der Waals surface area contributed by atoms with Gasteiger partial charge in [0.15, 0.2) is 0 Å². The summed E-state index contributed by atoms with van der Waals surface area (Å²) in [6.07, 6.45) is 0.657. The maximum atomic E-state index is 11.8. The molecule has 1 aliphatic rings. The lowest BCUT2D eigenvalue weighted by molar-refractivity contribution is -0.00130. The molecule has 11 heavy (non-hydrogen) atoms. The van der Waals surface area contributed by atoms with Gasteiger partial charge in [0.25, 0.3) is 0 Å². The zero-order valence-corrected chi connectivity index (χ0v) is 7.05. The lowest BCUT2D eigenvalue weighted by Gasteiger charge is -2.32. The van der Waals surface area contributed by atoms with Crippen LogP contribution < -0.4 is 0 Å². The minimum Gasteiger partial charge on any atom is -0.379 e. The van der Waals surface area contributed by atoms with Crippen molar-refractivity contribution in [3.63, 3.8) is 0 Å². The van der Waals surface area contributed by atoms with Gasteiger partial charge in [-0.2, -0.15) is 0 Å². The Morgan fingerprint density at radius 2 is 2.45 bits per heavy atom. The Kier molecular flexibility index (Phi) is 3.80. The van der Waals surface area contributed by atoms with Crippen LogP contribution in [0.2, 0.25) is 0 Å². The van der Waals surface area contributed by atoms with E-state index in [0.717, 1.165) is 26.3 Å². The standard InChI is InChI=1S/C8H16FNO/c1-8-7-11-6-5-10(8)4-2-3-9/h8H,2-7H2,1H3/t8-/m1/s1. The molecule has 0 amide bonds. The van der Waals surface area contributed by atoms with Gasteiger partial charge in [0.2, 0.25) is 0 Å². The number of ether oxygens (including phenoxy) is 1. The molecule has 0 unspecified atom stereocenters. The van der Waals surface area contributed by atoms with Crippen molar-refractivity contribution in [1.29, 1.82) is 0 Å². The highest BCUT2D eigenvalue weighted by atomic mass is 19.1. The highest BCUT2D eigenvalue weighted by molar-refractivity contribution is 4.70. The van der Waals surface area contributed by atoms with Crippen molar-refractivity contribution < 1.29 is 9.13 Å². The Morgan fingerprint density at radius 3 is 3.09 bits per heavy atom. The zero-order valence-electron chi connectivity index (χ0n) is 7.05. The fourth-order valence-electron chi connectivity index (χ4n) is 1.36. The summed E-state index contributed by atoms with van der Waals surface area (Å²) in [6, 6.07) is 0.468. The molecule has 3 heteroatoms. The van der Waals surface area contributed by atoms with Crippen LogP contribution in [-0.4, -0.2) is 43.9 Å². The zero-order chi connectivity index (χ0) is 8.10. The van der Waals surface area contributed by atoms with Crippen LogP contribution >= 0.6 is 0 Å². The molecule has 0 bridgehead atoms. The number of rotatable bonds is 3. The van der Waals surface area contributed by atoms with Gasteiger partial charge in [-0.1, -0.05) is 0 Å². The van der Waals surface area contributed by atoms with E-state index in [1.165, 1.54) is 0 Å². The van der Waals surface area contributed by atoms with Crippen molar-refractivity contribution in [1.82, 2.24) is 4.90 Å². The monoisotopic (exact) mass is 161 g/mol. The fourth-order valence-corrected chi connectivity index (χ4v) is 1.36. The molecule has 0 aliphatic carbocycles. The quantitative estimate of drug-likeness (QED) is 0.614. The molecule has 1 aliphatic heterocycles. The van der Waals surface area contributed by atoms with E-state index in [2.05, 4.69) is 11.8 Å². The summed E-state index contributed by atoms with van der Waals surface area (Å²) in [6.45, 7) is 5.35. The van der Waals surface area contributed by atoms with Crippen molar-refractivity contribution in [3.8, 4) is 0 Å². The lowest BCUT2D eigenvalue weighted by atomic mass is 10.2. The molecule has 1 heterocycles. The molecule has 0 saturated carbocycles. The normalized spacial score (nSPS) is 27.3. The second kappa shape index (κ2) is 4.67. The van der Waals surface area contributed by atoms with Gasteiger partial charge in [-0.25, -0.2) is 0 Å². The van der Waals surface area contributed by atoms with E-state index in [-0.39, 0.29) is 6.67 Å². The van der Waals surface area contributed by atoms with Crippen LogP contribution in [0.1, 0.15) is 13.3 Å². The average Bonchev–Trinajstić information content (AvgIpc) is 2.03. The number of morpholine rings is 1. The third kappa shape index (κ3) is 2.75. The average molecular weight is 161 g/mol. The van der Waals surface area contributed by atoms with E-state index in [1.807, 2.05) is 0 Å². The highest BCUT2D eigenvalue weighted by Crippen LogP contribution is 2.06. The summed E-state index contributed by atoms with van der Waals surface area (Å²) in [4.78, 5) is 2.28. The molecule has 2 nitrogen and oxygen atoms in total. The molecule has 0 N–H and O–H groups in total. The van der Waals surface area contributed by atoms with Crippen molar-refractivity contribution in [2.75, 3.05) is 33.0 Å².